The fourth-order valence-electron chi connectivity index (χ4n) is 5.69. The summed E-state index contributed by atoms with van der Waals surface area (Å²) in [5.41, 5.74) is 1.13. The highest BCUT2D eigenvalue weighted by molar-refractivity contribution is 5.70. The number of fused-ring (bicyclic) bond motifs is 1. The molecule has 2 unspecified atom stereocenters. The maximum atomic E-state index is 12.5. The Morgan fingerprint density at radius 1 is 0.780 bits per heavy atom. The lowest BCUT2D eigenvalue weighted by Gasteiger charge is -2.36. The number of benzene rings is 3. The lowest BCUT2D eigenvalue weighted by molar-refractivity contribution is 0.0464. The molecular formula is C33H38N2O6. The van der Waals surface area contributed by atoms with Crippen LogP contribution in [-0.2, 0) is 11.3 Å². The van der Waals surface area contributed by atoms with Gasteiger partial charge in [-0.25, -0.2) is 4.79 Å². The van der Waals surface area contributed by atoms with E-state index in [2.05, 4.69) is 4.90 Å². The molecule has 8 heteroatoms. The van der Waals surface area contributed by atoms with Crippen LogP contribution in [0.2, 0.25) is 0 Å². The maximum Gasteiger partial charge on any atom is 0.410 e. The van der Waals surface area contributed by atoms with Gasteiger partial charge in [0.05, 0.1) is 0 Å². The lowest BCUT2D eigenvalue weighted by atomic mass is 9.93. The average Bonchev–Trinajstić information content (AvgIpc) is 3.38. The number of carbonyl (C=O) groups is 1. The molecule has 0 aromatic heterocycles. The van der Waals surface area contributed by atoms with Gasteiger partial charge in [0.15, 0.2) is 11.5 Å². The first-order valence-electron chi connectivity index (χ1n) is 14.6. The predicted molar refractivity (Wildman–Crippen MR) is 155 cm³/mol. The van der Waals surface area contributed by atoms with Crippen LogP contribution in [0, 0.1) is 5.92 Å². The highest BCUT2D eigenvalue weighted by Crippen LogP contribution is 2.31. The second kappa shape index (κ2) is 13.2. The number of cyclic esters (lactones) is 1. The Morgan fingerprint density at radius 2 is 1.49 bits per heavy atom. The van der Waals surface area contributed by atoms with Crippen molar-refractivity contribution in [1.82, 2.24) is 9.80 Å². The number of nitrogens with zero attached hydrogens (tertiary/aromatic N) is 2. The molecule has 2 saturated heterocycles. The third kappa shape index (κ3) is 7.24. The van der Waals surface area contributed by atoms with Crippen LogP contribution in [-0.4, -0.2) is 74.0 Å². The normalized spacial score (nSPS) is 21.0. The van der Waals surface area contributed by atoms with Crippen LogP contribution in [0.4, 0.5) is 4.79 Å². The van der Waals surface area contributed by atoms with Crippen molar-refractivity contribution < 1.29 is 28.5 Å². The minimum absolute atomic E-state index is 0.0552. The molecule has 0 saturated carbocycles. The Morgan fingerprint density at radius 3 is 2.27 bits per heavy atom. The number of hydrogen-bond acceptors (Lipinski definition) is 7. The van der Waals surface area contributed by atoms with E-state index in [4.69, 9.17) is 23.7 Å². The monoisotopic (exact) mass is 558 g/mol. The van der Waals surface area contributed by atoms with Crippen molar-refractivity contribution in [3.05, 3.63) is 84.4 Å². The van der Waals surface area contributed by atoms with Crippen LogP contribution in [0.3, 0.4) is 0 Å². The summed E-state index contributed by atoms with van der Waals surface area (Å²) in [5.74, 6) is 3.79. The predicted octanol–water partition coefficient (Wildman–Crippen LogP) is 5.41. The molecule has 8 nitrogen and oxygen atoms in total. The first-order valence-corrected chi connectivity index (χ1v) is 14.6. The number of rotatable bonds is 11. The zero-order valence-electron chi connectivity index (χ0n) is 23.4. The average molecular weight is 559 g/mol. The Bertz CT molecular complexity index is 1260. The van der Waals surface area contributed by atoms with E-state index in [9.17, 15) is 4.79 Å². The van der Waals surface area contributed by atoms with Crippen LogP contribution in [0.25, 0.3) is 0 Å². The third-order valence-corrected chi connectivity index (χ3v) is 8.10. The van der Waals surface area contributed by atoms with Crippen molar-refractivity contribution in [1.29, 1.82) is 0 Å². The minimum Gasteiger partial charge on any atom is -0.491 e. The standard InChI is InChI=1S/C33H38N2O6/c36-33-35(19-16-25-14-17-34(18-15-25)20-30-24-39-31-8-4-5-9-32(31)41-30)27(23-40-33)22-38-29-12-10-28(11-13-29)37-21-26-6-2-1-3-7-26/h1-13,25,27,30H,14-24H2. The summed E-state index contributed by atoms with van der Waals surface area (Å²) >= 11 is 0. The molecule has 0 spiro atoms. The van der Waals surface area contributed by atoms with E-state index in [1.54, 1.807) is 0 Å². The number of carbonyl (C=O) groups excluding carboxylic acids is 1. The van der Waals surface area contributed by atoms with Crippen molar-refractivity contribution >= 4 is 6.09 Å². The van der Waals surface area contributed by atoms with Crippen molar-refractivity contribution in [2.75, 3.05) is 46.0 Å². The topological polar surface area (TPSA) is 69.7 Å². The Balaban J connectivity index is 0.905. The zero-order chi connectivity index (χ0) is 27.9. The second-order valence-corrected chi connectivity index (χ2v) is 11.0. The van der Waals surface area contributed by atoms with Crippen LogP contribution in [0.1, 0.15) is 24.8 Å². The molecule has 41 heavy (non-hydrogen) atoms. The molecule has 3 aromatic carbocycles. The number of hydrogen-bond donors (Lipinski definition) is 0. The van der Waals surface area contributed by atoms with Crippen molar-refractivity contribution in [2.45, 2.75) is 38.0 Å². The molecule has 3 aliphatic heterocycles. The van der Waals surface area contributed by atoms with E-state index in [0.29, 0.717) is 38.9 Å². The van der Waals surface area contributed by atoms with Gasteiger partial charge in [0.25, 0.3) is 0 Å². The molecule has 2 fully saturated rings. The molecule has 6 rings (SSSR count). The van der Waals surface area contributed by atoms with Crippen LogP contribution >= 0.6 is 0 Å². The van der Waals surface area contributed by atoms with E-state index >= 15 is 0 Å². The second-order valence-electron chi connectivity index (χ2n) is 11.0. The summed E-state index contributed by atoms with van der Waals surface area (Å²) in [4.78, 5) is 16.8. The lowest BCUT2D eigenvalue weighted by Crippen LogP contribution is -2.44. The highest BCUT2D eigenvalue weighted by Gasteiger charge is 2.34. The molecule has 3 aromatic rings. The van der Waals surface area contributed by atoms with Crippen molar-refractivity contribution in [3.8, 4) is 23.0 Å². The van der Waals surface area contributed by atoms with E-state index in [0.717, 1.165) is 67.5 Å². The molecule has 0 radical (unpaired) electrons. The maximum absolute atomic E-state index is 12.5. The Hall–Kier alpha value is -3.91. The zero-order valence-corrected chi connectivity index (χ0v) is 23.4. The van der Waals surface area contributed by atoms with Gasteiger partial charge in [0.1, 0.15) is 50.1 Å². The summed E-state index contributed by atoms with van der Waals surface area (Å²) in [6.45, 7) is 5.52. The minimum atomic E-state index is -0.240. The van der Waals surface area contributed by atoms with Gasteiger partial charge >= 0.3 is 6.09 Å². The van der Waals surface area contributed by atoms with Gasteiger partial charge in [-0.1, -0.05) is 42.5 Å². The van der Waals surface area contributed by atoms with Crippen LogP contribution in [0.5, 0.6) is 23.0 Å². The molecule has 3 aliphatic rings. The number of likely N-dealkylation sites (tertiary alicyclic amines) is 1. The third-order valence-electron chi connectivity index (χ3n) is 8.10. The molecule has 0 N–H and O–H groups in total. The van der Waals surface area contributed by atoms with Crippen molar-refractivity contribution in [2.24, 2.45) is 5.92 Å². The van der Waals surface area contributed by atoms with Crippen LogP contribution in [0.15, 0.2) is 78.9 Å². The summed E-state index contributed by atoms with van der Waals surface area (Å²) in [5, 5.41) is 0. The Kier molecular flexibility index (Phi) is 8.76. The number of para-hydroxylation sites is 2. The van der Waals surface area contributed by atoms with Gasteiger partial charge in [0, 0.05) is 13.1 Å². The van der Waals surface area contributed by atoms with Gasteiger partial charge < -0.3 is 23.7 Å². The first-order chi connectivity index (χ1) is 20.2. The molecule has 0 bridgehead atoms. The first kappa shape index (κ1) is 27.3. The van der Waals surface area contributed by atoms with Crippen molar-refractivity contribution in [3.63, 3.8) is 0 Å². The summed E-state index contributed by atoms with van der Waals surface area (Å²) in [6, 6.07) is 25.5. The molecule has 1 amide bonds. The van der Waals surface area contributed by atoms with E-state index in [1.807, 2.05) is 83.8 Å². The number of ether oxygens (including phenoxy) is 5. The van der Waals surface area contributed by atoms with E-state index < -0.39 is 0 Å². The van der Waals surface area contributed by atoms with Gasteiger partial charge in [-0.15, -0.1) is 0 Å². The number of piperidine rings is 1. The van der Waals surface area contributed by atoms with E-state index in [1.165, 1.54) is 0 Å². The molecule has 0 aliphatic carbocycles. The smallest absolute Gasteiger partial charge is 0.410 e. The fourth-order valence-corrected chi connectivity index (χ4v) is 5.69. The summed E-state index contributed by atoms with van der Waals surface area (Å²) in [6.07, 6.45) is 3.03. The van der Waals surface area contributed by atoms with Gasteiger partial charge in [0.2, 0.25) is 0 Å². The van der Waals surface area contributed by atoms with Gasteiger partial charge in [-0.3, -0.25) is 9.80 Å². The fraction of sp³-hybridized carbons (Fsp3) is 0.424. The summed E-state index contributed by atoms with van der Waals surface area (Å²) in [7, 11) is 0. The Labute approximate surface area is 241 Å². The van der Waals surface area contributed by atoms with E-state index in [-0.39, 0.29) is 18.2 Å². The van der Waals surface area contributed by atoms with Crippen LogP contribution < -0.4 is 18.9 Å². The molecular weight excluding hydrogens is 520 g/mol. The highest BCUT2D eigenvalue weighted by atomic mass is 16.6. The molecule has 216 valence electrons. The quantitative estimate of drug-likeness (QED) is 0.312. The molecule has 2 atom stereocenters. The number of amides is 1. The SMILES string of the molecule is O=C1OCC(COc2ccc(OCc3ccccc3)cc2)N1CCC1CCN(CC2COc3ccccc3O2)CC1. The van der Waals surface area contributed by atoms with Gasteiger partial charge in [-0.05, 0) is 80.2 Å². The largest absolute Gasteiger partial charge is 0.491 e. The summed E-state index contributed by atoms with van der Waals surface area (Å²) < 4.78 is 29.3. The van der Waals surface area contributed by atoms with Gasteiger partial charge in [-0.2, -0.15) is 0 Å². The molecule has 3 heterocycles.